The average Bonchev–Trinajstić information content (AvgIpc) is 2.49. The van der Waals surface area contributed by atoms with Crippen LogP contribution in [0.15, 0.2) is 0 Å². The highest BCUT2D eigenvalue weighted by molar-refractivity contribution is 5.90. The minimum absolute atomic E-state index is 0.0377. The Morgan fingerprint density at radius 3 is 1.83 bits per heavy atom. The lowest BCUT2D eigenvalue weighted by atomic mass is 9.99. The maximum atomic E-state index is 12.3. The second-order valence-electron chi connectivity index (χ2n) is 5.67. The molecular weight excluding hydrogens is 304 g/mol. The summed E-state index contributed by atoms with van der Waals surface area (Å²) in [5.74, 6) is -2.79. The Hall–Kier alpha value is -2.12. The van der Waals surface area contributed by atoms with Crippen molar-refractivity contribution in [3.63, 3.8) is 0 Å². The van der Waals surface area contributed by atoms with Gasteiger partial charge in [-0.1, -0.05) is 20.8 Å². The number of hydrogen-bond acceptors (Lipinski definition) is 6. The first-order chi connectivity index (χ1) is 10.6. The fraction of sp³-hybridized carbons (Fsp3) is 0.733. The van der Waals surface area contributed by atoms with Crippen molar-refractivity contribution in [2.45, 2.75) is 46.2 Å². The minimum atomic E-state index is -1.00. The van der Waals surface area contributed by atoms with E-state index < -0.39 is 35.8 Å². The van der Waals surface area contributed by atoms with Gasteiger partial charge in [-0.05, 0) is 12.3 Å². The molecule has 0 bridgehead atoms. The van der Waals surface area contributed by atoms with Gasteiger partial charge in [0.1, 0.15) is 12.1 Å². The zero-order valence-electron chi connectivity index (χ0n) is 14.5. The second kappa shape index (κ2) is 9.81. The highest BCUT2D eigenvalue weighted by atomic mass is 16.5. The smallest absolute Gasteiger partial charge is 0.328 e. The van der Waals surface area contributed by atoms with Crippen LogP contribution in [0, 0.1) is 11.8 Å². The first-order valence-electron chi connectivity index (χ1n) is 7.37. The number of methoxy groups -OCH3 is 2. The second-order valence-corrected chi connectivity index (χ2v) is 5.67. The van der Waals surface area contributed by atoms with Gasteiger partial charge in [-0.25, -0.2) is 4.79 Å². The molecule has 0 aromatic heterocycles. The van der Waals surface area contributed by atoms with Gasteiger partial charge in [-0.3, -0.25) is 14.4 Å². The van der Waals surface area contributed by atoms with Gasteiger partial charge in [-0.2, -0.15) is 0 Å². The van der Waals surface area contributed by atoms with Crippen molar-refractivity contribution in [2.75, 3.05) is 14.2 Å². The monoisotopic (exact) mass is 330 g/mol. The van der Waals surface area contributed by atoms with Crippen LogP contribution in [-0.4, -0.2) is 50.1 Å². The number of esters is 2. The fourth-order valence-electron chi connectivity index (χ4n) is 2.02. The van der Waals surface area contributed by atoms with E-state index in [0.29, 0.717) is 0 Å². The molecule has 0 heterocycles. The van der Waals surface area contributed by atoms with Crippen molar-refractivity contribution in [3.05, 3.63) is 0 Å². The zero-order chi connectivity index (χ0) is 18.2. The van der Waals surface area contributed by atoms with Gasteiger partial charge < -0.3 is 20.1 Å². The van der Waals surface area contributed by atoms with Gasteiger partial charge in [0, 0.05) is 6.92 Å². The third-order valence-electron chi connectivity index (χ3n) is 3.30. The molecule has 0 unspecified atom stereocenters. The lowest BCUT2D eigenvalue weighted by Crippen LogP contribution is -2.54. The van der Waals surface area contributed by atoms with Crippen molar-refractivity contribution in [1.29, 1.82) is 0 Å². The van der Waals surface area contributed by atoms with E-state index in [-0.39, 0.29) is 18.2 Å². The highest BCUT2D eigenvalue weighted by Crippen LogP contribution is 2.11. The van der Waals surface area contributed by atoms with Gasteiger partial charge in [-0.15, -0.1) is 0 Å². The molecule has 0 spiro atoms. The summed E-state index contributed by atoms with van der Waals surface area (Å²) >= 11 is 0. The normalized spacial score (nSPS) is 14.4. The first kappa shape index (κ1) is 20.9. The van der Waals surface area contributed by atoms with Crippen molar-refractivity contribution >= 4 is 23.8 Å². The van der Waals surface area contributed by atoms with Crippen LogP contribution in [0.25, 0.3) is 0 Å². The van der Waals surface area contributed by atoms with Crippen LogP contribution in [0.3, 0.4) is 0 Å². The highest BCUT2D eigenvalue weighted by Gasteiger charge is 2.31. The topological polar surface area (TPSA) is 111 Å². The van der Waals surface area contributed by atoms with Gasteiger partial charge >= 0.3 is 11.9 Å². The summed E-state index contributed by atoms with van der Waals surface area (Å²) in [5.41, 5.74) is 0. The summed E-state index contributed by atoms with van der Waals surface area (Å²) in [4.78, 5) is 46.8. The fourth-order valence-corrected chi connectivity index (χ4v) is 2.02. The quantitative estimate of drug-likeness (QED) is 0.606. The Labute approximate surface area is 136 Å². The predicted octanol–water partition coefficient (Wildman–Crippen LogP) is 0.00410. The summed E-state index contributed by atoms with van der Waals surface area (Å²) in [6.45, 7) is 6.43. The van der Waals surface area contributed by atoms with Gasteiger partial charge in [0.25, 0.3) is 0 Å². The van der Waals surface area contributed by atoms with Crippen molar-refractivity contribution in [1.82, 2.24) is 10.6 Å². The van der Waals surface area contributed by atoms with E-state index in [2.05, 4.69) is 20.1 Å². The van der Waals surface area contributed by atoms with E-state index in [0.717, 1.165) is 0 Å². The van der Waals surface area contributed by atoms with E-state index in [1.54, 1.807) is 20.8 Å². The summed E-state index contributed by atoms with van der Waals surface area (Å²) in [6.07, 6.45) is 0.0377. The Morgan fingerprint density at radius 1 is 0.913 bits per heavy atom. The molecule has 23 heavy (non-hydrogen) atoms. The van der Waals surface area contributed by atoms with Crippen LogP contribution in [0.5, 0.6) is 0 Å². The first-order valence-corrected chi connectivity index (χ1v) is 7.37. The summed E-state index contributed by atoms with van der Waals surface area (Å²) < 4.78 is 9.26. The third-order valence-corrected chi connectivity index (χ3v) is 3.30. The number of ether oxygens (including phenoxy) is 2. The number of amides is 2. The van der Waals surface area contributed by atoms with Crippen LogP contribution in [0.1, 0.15) is 34.1 Å². The summed E-state index contributed by atoms with van der Waals surface area (Å²) in [7, 11) is 2.44. The molecule has 0 fully saturated rings. The molecule has 0 aliphatic heterocycles. The molecular formula is C15H26N2O6. The van der Waals surface area contributed by atoms with Crippen LogP contribution in [-0.2, 0) is 28.7 Å². The molecule has 0 aromatic carbocycles. The lowest BCUT2D eigenvalue weighted by molar-refractivity contribution is -0.149. The van der Waals surface area contributed by atoms with Crippen molar-refractivity contribution < 1.29 is 28.7 Å². The van der Waals surface area contributed by atoms with Gasteiger partial charge in [0.05, 0.1) is 20.1 Å². The molecule has 132 valence electrons. The maximum Gasteiger partial charge on any atom is 0.328 e. The molecule has 0 saturated carbocycles. The molecule has 0 aliphatic carbocycles. The Morgan fingerprint density at radius 2 is 1.43 bits per heavy atom. The SMILES string of the molecule is COC(=O)[C@H](C)C[C@@H](NC(=O)[C@H](NC(C)=O)C(C)C)C(=O)OC. The number of rotatable bonds is 8. The van der Waals surface area contributed by atoms with E-state index in [9.17, 15) is 19.2 Å². The Balaban J connectivity index is 5.06. The number of carbonyl (C=O) groups excluding carboxylic acids is 4. The molecule has 8 heteroatoms. The molecule has 0 rings (SSSR count). The van der Waals surface area contributed by atoms with Crippen molar-refractivity contribution in [2.24, 2.45) is 11.8 Å². The Kier molecular flexibility index (Phi) is 8.90. The molecule has 2 amide bonds. The number of nitrogens with one attached hydrogen (secondary N) is 2. The number of hydrogen-bond donors (Lipinski definition) is 2. The van der Waals surface area contributed by atoms with Crippen molar-refractivity contribution in [3.8, 4) is 0 Å². The molecule has 0 aliphatic rings. The van der Waals surface area contributed by atoms with Gasteiger partial charge in [0.15, 0.2) is 0 Å². The number of carbonyl (C=O) groups is 4. The van der Waals surface area contributed by atoms with Crippen LogP contribution >= 0.6 is 0 Å². The molecule has 8 nitrogen and oxygen atoms in total. The Bertz CT molecular complexity index is 449. The van der Waals surface area contributed by atoms with E-state index in [4.69, 9.17) is 0 Å². The minimum Gasteiger partial charge on any atom is -0.469 e. The van der Waals surface area contributed by atoms with Crippen LogP contribution < -0.4 is 10.6 Å². The largest absolute Gasteiger partial charge is 0.469 e. The molecule has 0 saturated heterocycles. The lowest BCUT2D eigenvalue weighted by Gasteiger charge is -2.25. The third kappa shape index (κ3) is 7.12. The molecule has 0 aromatic rings. The van der Waals surface area contributed by atoms with Crippen LogP contribution in [0.2, 0.25) is 0 Å². The predicted molar refractivity (Wildman–Crippen MR) is 82.2 cm³/mol. The summed E-state index contributed by atoms with van der Waals surface area (Å²) in [6, 6.07) is -1.79. The van der Waals surface area contributed by atoms with E-state index in [1.807, 2.05) is 0 Å². The van der Waals surface area contributed by atoms with Crippen LogP contribution in [0.4, 0.5) is 0 Å². The standard InChI is InChI=1S/C15H26N2O6/c1-8(2)12(16-10(4)18)13(19)17-11(15(21)23-6)7-9(3)14(20)22-5/h8-9,11-12H,7H2,1-6H3,(H,16,18)(H,17,19)/t9-,11-,12-/m1/s1. The zero-order valence-corrected chi connectivity index (χ0v) is 14.5. The molecule has 2 N–H and O–H groups in total. The molecule has 3 atom stereocenters. The molecule has 0 radical (unpaired) electrons. The van der Waals surface area contributed by atoms with Gasteiger partial charge in [0.2, 0.25) is 11.8 Å². The van der Waals surface area contributed by atoms with E-state index in [1.165, 1.54) is 21.1 Å². The van der Waals surface area contributed by atoms with E-state index >= 15 is 0 Å². The average molecular weight is 330 g/mol. The maximum absolute atomic E-state index is 12.3. The summed E-state index contributed by atoms with van der Waals surface area (Å²) in [5, 5.41) is 5.06.